The van der Waals surface area contributed by atoms with Crippen LogP contribution in [0.5, 0.6) is 5.75 Å². The highest BCUT2D eigenvalue weighted by atomic mass is 35.5. The summed E-state index contributed by atoms with van der Waals surface area (Å²) in [4.78, 5) is 21.4. The number of hydrogen-bond acceptors (Lipinski definition) is 6. The minimum atomic E-state index is -0.534. The van der Waals surface area contributed by atoms with Crippen LogP contribution in [0.1, 0.15) is 30.6 Å². The van der Waals surface area contributed by atoms with Gasteiger partial charge in [-0.2, -0.15) is 0 Å². The van der Waals surface area contributed by atoms with Crippen LogP contribution in [-0.4, -0.2) is 28.8 Å². The zero-order valence-corrected chi connectivity index (χ0v) is 17.0. The summed E-state index contributed by atoms with van der Waals surface area (Å²) in [6, 6.07) is 13.1. The van der Waals surface area contributed by atoms with Crippen LogP contribution in [0.4, 0.5) is 5.95 Å². The number of fused-ring (bicyclic) bond motifs is 1. The first-order valence-electron chi connectivity index (χ1n) is 9.51. The summed E-state index contributed by atoms with van der Waals surface area (Å²) in [7, 11) is 0. The quantitative estimate of drug-likeness (QED) is 0.595. The lowest BCUT2D eigenvalue weighted by Crippen LogP contribution is -2.57. The molecule has 8 heteroatoms. The number of carbonyl (C=O) groups excluding carboxylic acids is 1. The van der Waals surface area contributed by atoms with Crippen molar-refractivity contribution in [2.45, 2.75) is 32.6 Å². The lowest BCUT2D eigenvalue weighted by molar-refractivity contribution is -0.124. The molecule has 0 saturated carbocycles. The number of benzene rings is 2. The van der Waals surface area contributed by atoms with Crippen LogP contribution in [0.25, 0.3) is 10.9 Å². The number of halogens is 1. The molecule has 2 atom stereocenters. The summed E-state index contributed by atoms with van der Waals surface area (Å²) in [5, 5.41) is 11.0. The van der Waals surface area contributed by atoms with Crippen LogP contribution in [-0.2, 0) is 4.79 Å². The molecule has 3 N–H and O–H groups in total. The number of amides is 1. The van der Waals surface area contributed by atoms with E-state index in [4.69, 9.17) is 16.3 Å². The number of nitrogens with one attached hydrogen (secondary N) is 3. The Morgan fingerprint density at radius 1 is 1.21 bits per heavy atom. The number of aryl methyl sites for hydroxylation is 1. The summed E-state index contributed by atoms with van der Waals surface area (Å²) in [5.74, 6) is 1.02. The molecule has 0 bridgehead atoms. The molecule has 1 saturated heterocycles. The molecule has 1 aliphatic rings. The number of hydrogen-bond donors (Lipinski definition) is 3. The summed E-state index contributed by atoms with van der Waals surface area (Å²) in [6.45, 7) is 4.40. The van der Waals surface area contributed by atoms with Crippen LogP contribution >= 0.6 is 11.6 Å². The van der Waals surface area contributed by atoms with E-state index < -0.39 is 6.29 Å². The molecule has 0 spiro atoms. The lowest BCUT2D eigenvalue weighted by Gasteiger charge is -2.32. The number of anilines is 1. The third-order valence-electron chi connectivity index (χ3n) is 4.80. The van der Waals surface area contributed by atoms with E-state index in [1.54, 1.807) is 0 Å². The van der Waals surface area contributed by atoms with Crippen LogP contribution in [0.3, 0.4) is 0 Å². The highest BCUT2D eigenvalue weighted by molar-refractivity contribution is 6.31. The Hall–Kier alpha value is -2.90. The smallest absolute Gasteiger partial charge is 0.226 e. The molecule has 29 heavy (non-hydrogen) atoms. The second kappa shape index (κ2) is 8.23. The van der Waals surface area contributed by atoms with Crippen LogP contribution in [0.15, 0.2) is 42.5 Å². The maximum absolute atomic E-state index is 12.3. The first-order valence-corrected chi connectivity index (χ1v) is 9.89. The van der Waals surface area contributed by atoms with Crippen molar-refractivity contribution in [2.24, 2.45) is 0 Å². The largest absolute Gasteiger partial charge is 0.492 e. The molecule has 2 aromatic carbocycles. The molecular formula is C21H22ClN5O2. The average molecular weight is 412 g/mol. The Morgan fingerprint density at radius 2 is 2.03 bits per heavy atom. The predicted molar refractivity (Wildman–Crippen MR) is 113 cm³/mol. The molecule has 7 nitrogen and oxygen atoms in total. The molecule has 0 radical (unpaired) electrons. The maximum atomic E-state index is 12.3. The molecule has 1 aliphatic heterocycles. The third kappa shape index (κ3) is 4.11. The fraction of sp³-hybridized carbons (Fsp3) is 0.286. The molecule has 1 amide bonds. The Bertz CT molecular complexity index is 1060. The Kier molecular flexibility index (Phi) is 5.51. The van der Waals surface area contributed by atoms with Gasteiger partial charge in [0, 0.05) is 22.9 Å². The first kappa shape index (κ1) is 19.4. The lowest BCUT2D eigenvalue weighted by atomic mass is 10.0. The van der Waals surface area contributed by atoms with Crippen molar-refractivity contribution >= 4 is 34.4 Å². The van der Waals surface area contributed by atoms with Gasteiger partial charge < -0.3 is 15.4 Å². The van der Waals surface area contributed by atoms with E-state index in [1.807, 2.05) is 56.3 Å². The molecule has 1 fully saturated rings. The van der Waals surface area contributed by atoms with Gasteiger partial charge in [-0.3, -0.25) is 10.1 Å². The molecule has 0 aliphatic carbocycles. The normalized spacial score (nSPS) is 19.1. The second-order valence-electron chi connectivity index (χ2n) is 6.81. The average Bonchev–Trinajstić information content (AvgIpc) is 2.69. The highest BCUT2D eigenvalue weighted by Crippen LogP contribution is 2.28. The molecular weight excluding hydrogens is 390 g/mol. The van der Waals surface area contributed by atoms with E-state index in [1.165, 1.54) is 0 Å². The Balaban J connectivity index is 1.61. The van der Waals surface area contributed by atoms with E-state index in [9.17, 15) is 4.79 Å². The fourth-order valence-corrected chi connectivity index (χ4v) is 3.75. The van der Waals surface area contributed by atoms with Crippen LogP contribution in [0, 0.1) is 6.92 Å². The van der Waals surface area contributed by atoms with Gasteiger partial charge in [-0.15, -0.1) is 0 Å². The number of ether oxygens (including phenoxy) is 1. The van der Waals surface area contributed by atoms with E-state index in [2.05, 4.69) is 25.9 Å². The van der Waals surface area contributed by atoms with Crippen LogP contribution in [0.2, 0.25) is 5.02 Å². The highest BCUT2D eigenvalue weighted by Gasteiger charge is 2.28. The number of para-hydroxylation sites is 1. The molecule has 1 aromatic heterocycles. The van der Waals surface area contributed by atoms with E-state index in [-0.39, 0.29) is 11.9 Å². The van der Waals surface area contributed by atoms with Crippen molar-refractivity contribution in [3.05, 3.63) is 58.7 Å². The van der Waals surface area contributed by atoms with E-state index in [0.717, 1.165) is 22.2 Å². The minimum Gasteiger partial charge on any atom is -0.492 e. The number of carbonyl (C=O) groups is 1. The van der Waals surface area contributed by atoms with E-state index >= 15 is 0 Å². The van der Waals surface area contributed by atoms with Crippen molar-refractivity contribution in [2.75, 3.05) is 11.9 Å². The molecule has 3 aromatic rings. The van der Waals surface area contributed by atoms with Crippen LogP contribution < -0.4 is 20.7 Å². The van der Waals surface area contributed by atoms with Gasteiger partial charge in [0.05, 0.1) is 12.3 Å². The van der Waals surface area contributed by atoms with Gasteiger partial charge >= 0.3 is 0 Å². The first-order chi connectivity index (χ1) is 14.0. The number of rotatable bonds is 5. The van der Waals surface area contributed by atoms with Gasteiger partial charge in [0.25, 0.3) is 0 Å². The molecule has 150 valence electrons. The van der Waals surface area contributed by atoms with Crippen molar-refractivity contribution in [1.82, 2.24) is 20.6 Å². The fourth-order valence-electron chi connectivity index (χ4n) is 3.49. The maximum Gasteiger partial charge on any atom is 0.226 e. The number of aromatic nitrogens is 2. The van der Waals surface area contributed by atoms with Crippen molar-refractivity contribution < 1.29 is 9.53 Å². The number of nitrogens with zero attached hydrogens (tertiary/aromatic N) is 2. The van der Waals surface area contributed by atoms with Gasteiger partial charge in [0.2, 0.25) is 11.9 Å². The summed E-state index contributed by atoms with van der Waals surface area (Å²) in [6.07, 6.45) is -0.234. The molecule has 2 unspecified atom stereocenters. The standard InChI is InChI=1S/C21H22ClN5O2/c1-3-29-17-10-6-8-13-12(2)23-20(26-19(13)17)27-21-24-16(11-18(28)25-21)14-7-4-5-9-15(14)22/h4-10,16,21,24H,3,11H2,1-2H3,(H,25,28)(H,23,26,27). The van der Waals surface area contributed by atoms with E-state index in [0.29, 0.717) is 29.7 Å². The summed E-state index contributed by atoms with van der Waals surface area (Å²) < 4.78 is 5.71. The molecule has 2 heterocycles. The van der Waals surface area contributed by atoms with Crippen molar-refractivity contribution in [1.29, 1.82) is 0 Å². The van der Waals surface area contributed by atoms with Gasteiger partial charge in [0.15, 0.2) is 6.29 Å². The van der Waals surface area contributed by atoms with Gasteiger partial charge in [-0.05, 0) is 31.5 Å². The summed E-state index contributed by atoms with van der Waals surface area (Å²) in [5.41, 5.74) is 2.43. The minimum absolute atomic E-state index is 0.0845. The molecule has 4 rings (SSSR count). The predicted octanol–water partition coefficient (Wildman–Crippen LogP) is 3.54. The zero-order chi connectivity index (χ0) is 20.4. The van der Waals surface area contributed by atoms with Crippen molar-refractivity contribution in [3.8, 4) is 5.75 Å². The van der Waals surface area contributed by atoms with Gasteiger partial charge in [-0.25, -0.2) is 9.97 Å². The summed E-state index contributed by atoms with van der Waals surface area (Å²) >= 11 is 6.32. The van der Waals surface area contributed by atoms with Gasteiger partial charge in [-0.1, -0.05) is 41.9 Å². The second-order valence-corrected chi connectivity index (χ2v) is 7.21. The zero-order valence-electron chi connectivity index (χ0n) is 16.2. The Morgan fingerprint density at radius 3 is 2.83 bits per heavy atom. The Labute approximate surface area is 173 Å². The SMILES string of the molecule is CCOc1cccc2c(C)nc(NC3NC(=O)CC(c4ccccc4Cl)N3)nc12. The van der Waals surface area contributed by atoms with Gasteiger partial charge in [0.1, 0.15) is 11.3 Å². The third-order valence-corrected chi connectivity index (χ3v) is 5.14. The van der Waals surface area contributed by atoms with Crippen molar-refractivity contribution in [3.63, 3.8) is 0 Å². The monoisotopic (exact) mass is 411 g/mol. The topological polar surface area (TPSA) is 88.2 Å².